The van der Waals surface area contributed by atoms with E-state index in [4.69, 9.17) is 4.74 Å². The summed E-state index contributed by atoms with van der Waals surface area (Å²) in [5, 5.41) is 13.0. The topological polar surface area (TPSA) is 81.5 Å². The average molecular weight is 332 g/mol. The minimum absolute atomic E-state index is 0.258. The lowest BCUT2D eigenvalue weighted by Crippen LogP contribution is -2.30. The van der Waals surface area contributed by atoms with Gasteiger partial charge in [0.05, 0.1) is 10.6 Å². The SMILES string of the molecule is CCc1ccc(O[C@H](C)C(=O)Nc2cc([N+](=O)[O-])ccc2F)cc1. The van der Waals surface area contributed by atoms with Crippen LogP contribution in [0.5, 0.6) is 5.75 Å². The Morgan fingerprint density at radius 1 is 1.29 bits per heavy atom. The molecule has 6 nitrogen and oxygen atoms in total. The lowest BCUT2D eigenvalue weighted by molar-refractivity contribution is -0.384. The van der Waals surface area contributed by atoms with Crippen molar-refractivity contribution in [1.29, 1.82) is 0 Å². The second-order valence-electron chi connectivity index (χ2n) is 5.17. The van der Waals surface area contributed by atoms with Crippen molar-refractivity contribution in [2.45, 2.75) is 26.4 Å². The summed E-state index contributed by atoms with van der Waals surface area (Å²) in [5.74, 6) is -0.850. The van der Waals surface area contributed by atoms with Gasteiger partial charge in [-0.05, 0) is 37.1 Å². The third-order valence-corrected chi connectivity index (χ3v) is 3.43. The summed E-state index contributed by atoms with van der Waals surface area (Å²) in [4.78, 5) is 22.2. The number of halogens is 1. The van der Waals surface area contributed by atoms with Crippen LogP contribution in [0.15, 0.2) is 42.5 Å². The van der Waals surface area contributed by atoms with Gasteiger partial charge in [-0.25, -0.2) is 4.39 Å². The Hall–Kier alpha value is -2.96. The quantitative estimate of drug-likeness (QED) is 0.646. The Kier molecular flexibility index (Phi) is 5.47. The molecular formula is C17H17FN2O4. The smallest absolute Gasteiger partial charge is 0.271 e. The summed E-state index contributed by atoms with van der Waals surface area (Å²) in [6.45, 7) is 3.54. The van der Waals surface area contributed by atoms with Crippen LogP contribution >= 0.6 is 0 Å². The van der Waals surface area contributed by atoms with Crippen molar-refractivity contribution in [3.05, 3.63) is 64.0 Å². The molecule has 2 aromatic carbocycles. The van der Waals surface area contributed by atoms with Gasteiger partial charge in [0.15, 0.2) is 6.10 Å². The summed E-state index contributed by atoms with van der Waals surface area (Å²) < 4.78 is 19.2. The molecule has 1 atom stereocenters. The second-order valence-corrected chi connectivity index (χ2v) is 5.17. The number of carbonyl (C=O) groups excluding carboxylic acids is 1. The number of nitrogens with one attached hydrogen (secondary N) is 1. The number of hydrogen-bond donors (Lipinski definition) is 1. The van der Waals surface area contributed by atoms with Crippen molar-refractivity contribution < 1.29 is 18.8 Å². The molecule has 126 valence electrons. The molecule has 0 bridgehead atoms. The summed E-state index contributed by atoms with van der Waals surface area (Å²) in [7, 11) is 0. The van der Waals surface area contributed by atoms with Crippen LogP contribution in [0.1, 0.15) is 19.4 Å². The van der Waals surface area contributed by atoms with Gasteiger partial charge in [-0.15, -0.1) is 0 Å². The van der Waals surface area contributed by atoms with Crippen LogP contribution < -0.4 is 10.1 Å². The highest BCUT2D eigenvalue weighted by Crippen LogP contribution is 2.22. The molecule has 0 aliphatic rings. The van der Waals surface area contributed by atoms with E-state index in [1.165, 1.54) is 6.92 Å². The van der Waals surface area contributed by atoms with Crippen LogP contribution in [-0.2, 0) is 11.2 Å². The molecule has 0 radical (unpaired) electrons. The number of ether oxygens (including phenoxy) is 1. The molecule has 0 aromatic heterocycles. The largest absolute Gasteiger partial charge is 0.481 e. The standard InChI is InChI=1S/C17H17FN2O4/c1-3-12-4-7-14(8-5-12)24-11(2)17(21)19-16-10-13(20(22)23)6-9-15(16)18/h4-11H,3H2,1-2H3,(H,19,21)/t11-/m1/s1. The molecule has 0 saturated heterocycles. The zero-order valence-electron chi connectivity index (χ0n) is 13.3. The first-order valence-electron chi connectivity index (χ1n) is 7.41. The number of aryl methyl sites for hydroxylation is 1. The molecule has 2 aromatic rings. The van der Waals surface area contributed by atoms with Gasteiger partial charge >= 0.3 is 0 Å². The first-order chi connectivity index (χ1) is 11.4. The molecule has 24 heavy (non-hydrogen) atoms. The van der Waals surface area contributed by atoms with E-state index in [9.17, 15) is 19.3 Å². The van der Waals surface area contributed by atoms with Crippen LogP contribution in [0.2, 0.25) is 0 Å². The van der Waals surface area contributed by atoms with Crippen LogP contribution in [0.4, 0.5) is 15.8 Å². The fraction of sp³-hybridized carbons (Fsp3) is 0.235. The van der Waals surface area contributed by atoms with E-state index in [0.29, 0.717) is 5.75 Å². The second kappa shape index (κ2) is 7.54. The third kappa shape index (κ3) is 4.28. The van der Waals surface area contributed by atoms with E-state index in [1.54, 1.807) is 12.1 Å². The highest BCUT2D eigenvalue weighted by Gasteiger charge is 2.18. The Balaban J connectivity index is 2.05. The van der Waals surface area contributed by atoms with Crippen LogP contribution in [0.25, 0.3) is 0 Å². The van der Waals surface area contributed by atoms with E-state index < -0.39 is 22.8 Å². The third-order valence-electron chi connectivity index (χ3n) is 3.43. The molecule has 1 amide bonds. The lowest BCUT2D eigenvalue weighted by atomic mass is 10.2. The van der Waals surface area contributed by atoms with E-state index >= 15 is 0 Å². The first kappa shape index (κ1) is 17.4. The number of nitrogens with zero attached hydrogens (tertiary/aromatic N) is 1. The molecule has 2 rings (SSSR count). The molecule has 1 N–H and O–H groups in total. The monoisotopic (exact) mass is 332 g/mol. The van der Waals surface area contributed by atoms with Crippen LogP contribution in [0.3, 0.4) is 0 Å². The Bertz CT molecular complexity index is 747. The number of nitro groups is 1. The maximum atomic E-state index is 13.7. The lowest BCUT2D eigenvalue weighted by Gasteiger charge is -2.15. The van der Waals surface area contributed by atoms with Gasteiger partial charge in [0, 0.05) is 12.1 Å². The van der Waals surface area contributed by atoms with E-state index in [1.807, 2.05) is 19.1 Å². The van der Waals surface area contributed by atoms with Crippen molar-refractivity contribution in [1.82, 2.24) is 0 Å². The summed E-state index contributed by atoms with van der Waals surface area (Å²) >= 11 is 0. The molecule has 0 saturated carbocycles. The highest BCUT2D eigenvalue weighted by molar-refractivity contribution is 5.94. The van der Waals surface area contributed by atoms with Crippen molar-refractivity contribution in [3.8, 4) is 5.75 Å². The van der Waals surface area contributed by atoms with Gasteiger partial charge in [-0.2, -0.15) is 0 Å². The molecule has 0 aliphatic heterocycles. The summed E-state index contributed by atoms with van der Waals surface area (Å²) in [5.41, 5.74) is 0.569. The van der Waals surface area contributed by atoms with E-state index in [0.717, 1.165) is 30.2 Å². The Morgan fingerprint density at radius 3 is 2.54 bits per heavy atom. The van der Waals surface area contributed by atoms with Gasteiger partial charge in [-0.3, -0.25) is 14.9 Å². The van der Waals surface area contributed by atoms with Crippen molar-refractivity contribution in [3.63, 3.8) is 0 Å². The van der Waals surface area contributed by atoms with Gasteiger partial charge < -0.3 is 10.1 Å². The van der Waals surface area contributed by atoms with Crippen molar-refractivity contribution in [2.75, 3.05) is 5.32 Å². The number of anilines is 1. The fourth-order valence-corrected chi connectivity index (χ4v) is 2.02. The predicted octanol–water partition coefficient (Wildman–Crippen LogP) is 3.70. The summed E-state index contributed by atoms with van der Waals surface area (Å²) in [6.07, 6.45) is -0.00121. The van der Waals surface area contributed by atoms with Crippen LogP contribution in [0, 0.1) is 15.9 Å². The minimum Gasteiger partial charge on any atom is -0.481 e. The number of non-ortho nitro benzene ring substituents is 1. The number of hydrogen-bond acceptors (Lipinski definition) is 4. The Morgan fingerprint density at radius 2 is 1.96 bits per heavy atom. The van der Waals surface area contributed by atoms with Gasteiger partial charge in [0.25, 0.3) is 11.6 Å². The van der Waals surface area contributed by atoms with Crippen LogP contribution in [-0.4, -0.2) is 16.9 Å². The van der Waals surface area contributed by atoms with Gasteiger partial charge in [0.1, 0.15) is 11.6 Å². The van der Waals surface area contributed by atoms with E-state index in [-0.39, 0.29) is 11.4 Å². The first-order valence-corrected chi connectivity index (χ1v) is 7.41. The number of nitro benzene ring substituents is 1. The maximum absolute atomic E-state index is 13.7. The summed E-state index contributed by atoms with van der Waals surface area (Å²) in [6, 6.07) is 10.2. The number of amides is 1. The zero-order valence-corrected chi connectivity index (χ0v) is 13.3. The number of benzene rings is 2. The molecule has 0 fully saturated rings. The minimum atomic E-state index is -0.892. The molecular weight excluding hydrogens is 315 g/mol. The number of rotatable bonds is 6. The van der Waals surface area contributed by atoms with E-state index in [2.05, 4.69) is 5.32 Å². The average Bonchev–Trinajstić information content (AvgIpc) is 2.57. The zero-order chi connectivity index (χ0) is 17.7. The molecule has 0 aliphatic carbocycles. The fourth-order valence-electron chi connectivity index (χ4n) is 2.02. The van der Waals surface area contributed by atoms with Crippen molar-refractivity contribution >= 4 is 17.3 Å². The molecule has 0 unspecified atom stereocenters. The van der Waals surface area contributed by atoms with Gasteiger partial charge in [-0.1, -0.05) is 19.1 Å². The Labute approximate surface area is 138 Å². The molecule has 7 heteroatoms. The van der Waals surface area contributed by atoms with Gasteiger partial charge in [0.2, 0.25) is 0 Å². The normalized spacial score (nSPS) is 11.6. The van der Waals surface area contributed by atoms with Crippen molar-refractivity contribution in [2.24, 2.45) is 0 Å². The maximum Gasteiger partial charge on any atom is 0.271 e. The predicted molar refractivity (Wildman–Crippen MR) is 87.6 cm³/mol. The highest BCUT2D eigenvalue weighted by atomic mass is 19.1. The number of carbonyl (C=O) groups is 1. The molecule has 0 heterocycles. The molecule has 0 spiro atoms.